The molecule has 1 aromatic carbocycles. The summed E-state index contributed by atoms with van der Waals surface area (Å²) < 4.78 is 11.1. The summed E-state index contributed by atoms with van der Waals surface area (Å²) in [5.41, 5.74) is 1.56. The van der Waals surface area contributed by atoms with Crippen molar-refractivity contribution in [3.8, 4) is 11.5 Å². The molecule has 0 atom stereocenters. The van der Waals surface area contributed by atoms with Gasteiger partial charge in [0, 0.05) is 18.2 Å². The molecule has 2 aromatic rings. The van der Waals surface area contributed by atoms with Crippen LogP contribution in [0.4, 0.5) is 5.82 Å². The zero-order valence-electron chi connectivity index (χ0n) is 11.8. The van der Waals surface area contributed by atoms with Gasteiger partial charge in [0.2, 0.25) is 0 Å². The SMILES string of the molecule is Cc1ccc(NC(=O)c2ccc3c(c2)OCCCO3)nc1. The van der Waals surface area contributed by atoms with E-state index in [0.717, 1.165) is 12.0 Å². The third-order valence-electron chi connectivity index (χ3n) is 3.16. The molecular formula is C16H16N2O3. The first-order valence-corrected chi connectivity index (χ1v) is 6.86. The van der Waals surface area contributed by atoms with Crippen molar-refractivity contribution >= 4 is 11.7 Å². The smallest absolute Gasteiger partial charge is 0.256 e. The normalized spacial score (nSPS) is 13.4. The van der Waals surface area contributed by atoms with Crippen LogP contribution in [0.3, 0.4) is 0 Å². The molecule has 0 saturated carbocycles. The van der Waals surface area contributed by atoms with Gasteiger partial charge in [-0.25, -0.2) is 4.98 Å². The number of benzene rings is 1. The largest absolute Gasteiger partial charge is 0.490 e. The molecule has 108 valence electrons. The van der Waals surface area contributed by atoms with E-state index in [0.29, 0.717) is 36.1 Å². The summed E-state index contributed by atoms with van der Waals surface area (Å²) in [7, 11) is 0. The number of ether oxygens (including phenoxy) is 2. The Morgan fingerprint density at radius 1 is 1.14 bits per heavy atom. The number of aromatic nitrogens is 1. The van der Waals surface area contributed by atoms with Crippen molar-refractivity contribution in [3.63, 3.8) is 0 Å². The van der Waals surface area contributed by atoms with E-state index in [4.69, 9.17) is 9.47 Å². The van der Waals surface area contributed by atoms with Crippen LogP contribution in [0.2, 0.25) is 0 Å². The van der Waals surface area contributed by atoms with Crippen molar-refractivity contribution < 1.29 is 14.3 Å². The quantitative estimate of drug-likeness (QED) is 0.921. The molecule has 1 N–H and O–H groups in total. The summed E-state index contributed by atoms with van der Waals surface area (Å²) in [6, 6.07) is 8.85. The highest BCUT2D eigenvalue weighted by Gasteiger charge is 2.14. The summed E-state index contributed by atoms with van der Waals surface area (Å²) in [6.45, 7) is 3.17. The Hall–Kier alpha value is -2.56. The lowest BCUT2D eigenvalue weighted by Crippen LogP contribution is -2.13. The molecule has 0 unspecified atom stereocenters. The van der Waals surface area contributed by atoms with E-state index in [1.54, 1.807) is 30.5 Å². The Morgan fingerprint density at radius 2 is 1.95 bits per heavy atom. The molecule has 5 nitrogen and oxygen atoms in total. The van der Waals surface area contributed by atoms with Gasteiger partial charge in [-0.1, -0.05) is 6.07 Å². The summed E-state index contributed by atoms with van der Waals surface area (Å²) in [4.78, 5) is 16.4. The van der Waals surface area contributed by atoms with Gasteiger partial charge in [0.1, 0.15) is 5.82 Å². The van der Waals surface area contributed by atoms with Crippen LogP contribution in [0.15, 0.2) is 36.5 Å². The van der Waals surface area contributed by atoms with E-state index < -0.39 is 0 Å². The average molecular weight is 284 g/mol. The maximum absolute atomic E-state index is 12.2. The van der Waals surface area contributed by atoms with Crippen LogP contribution in [0, 0.1) is 6.92 Å². The number of nitrogens with zero attached hydrogens (tertiary/aromatic N) is 1. The Labute approximate surface area is 122 Å². The molecule has 2 heterocycles. The third-order valence-corrected chi connectivity index (χ3v) is 3.16. The average Bonchev–Trinajstić information content (AvgIpc) is 2.74. The predicted octanol–water partition coefficient (Wildman–Crippen LogP) is 2.80. The minimum absolute atomic E-state index is 0.220. The van der Waals surface area contributed by atoms with E-state index >= 15 is 0 Å². The summed E-state index contributed by atoms with van der Waals surface area (Å²) in [5.74, 6) is 1.59. The molecule has 1 aliphatic heterocycles. The second-order valence-corrected chi connectivity index (χ2v) is 4.89. The van der Waals surface area contributed by atoms with Crippen molar-refractivity contribution in [2.75, 3.05) is 18.5 Å². The molecule has 0 aliphatic carbocycles. The fraction of sp³-hybridized carbons (Fsp3) is 0.250. The fourth-order valence-corrected chi connectivity index (χ4v) is 2.03. The molecule has 3 rings (SSSR count). The Morgan fingerprint density at radius 3 is 2.71 bits per heavy atom. The first kappa shape index (κ1) is 13.4. The van der Waals surface area contributed by atoms with Gasteiger partial charge >= 0.3 is 0 Å². The van der Waals surface area contributed by atoms with Crippen molar-refractivity contribution in [2.45, 2.75) is 13.3 Å². The number of amides is 1. The van der Waals surface area contributed by atoms with Crippen LogP contribution < -0.4 is 14.8 Å². The van der Waals surface area contributed by atoms with E-state index in [9.17, 15) is 4.79 Å². The van der Waals surface area contributed by atoms with Gasteiger partial charge in [0.25, 0.3) is 5.91 Å². The number of carbonyl (C=O) groups is 1. The van der Waals surface area contributed by atoms with Gasteiger partial charge in [0.15, 0.2) is 11.5 Å². The Balaban J connectivity index is 1.78. The standard InChI is InChI=1S/C16H16N2O3/c1-11-3-6-15(17-10-11)18-16(19)12-4-5-13-14(9-12)21-8-2-7-20-13/h3-6,9-10H,2,7-8H2,1H3,(H,17,18,19). The molecular weight excluding hydrogens is 268 g/mol. The van der Waals surface area contributed by atoms with E-state index in [-0.39, 0.29) is 5.91 Å². The number of hydrogen-bond acceptors (Lipinski definition) is 4. The molecule has 1 amide bonds. The first-order valence-electron chi connectivity index (χ1n) is 6.86. The zero-order chi connectivity index (χ0) is 14.7. The number of pyridine rings is 1. The molecule has 0 saturated heterocycles. The number of carbonyl (C=O) groups excluding carboxylic acids is 1. The van der Waals surface area contributed by atoms with E-state index in [1.807, 2.05) is 13.0 Å². The van der Waals surface area contributed by atoms with Crippen LogP contribution in [-0.2, 0) is 0 Å². The molecule has 21 heavy (non-hydrogen) atoms. The second-order valence-electron chi connectivity index (χ2n) is 4.89. The number of fused-ring (bicyclic) bond motifs is 1. The number of rotatable bonds is 2. The monoisotopic (exact) mass is 284 g/mol. The van der Waals surface area contributed by atoms with Crippen LogP contribution in [-0.4, -0.2) is 24.1 Å². The van der Waals surface area contributed by atoms with E-state index in [1.165, 1.54) is 0 Å². The Kier molecular flexibility index (Phi) is 3.73. The predicted molar refractivity (Wildman–Crippen MR) is 79.0 cm³/mol. The number of nitrogens with one attached hydrogen (secondary N) is 1. The number of aryl methyl sites for hydroxylation is 1. The van der Waals surface area contributed by atoms with Crippen LogP contribution in [0.5, 0.6) is 11.5 Å². The van der Waals surface area contributed by atoms with Gasteiger partial charge in [-0.15, -0.1) is 0 Å². The highest BCUT2D eigenvalue weighted by atomic mass is 16.5. The van der Waals surface area contributed by atoms with Gasteiger partial charge in [-0.05, 0) is 36.8 Å². The minimum Gasteiger partial charge on any atom is -0.490 e. The molecule has 0 spiro atoms. The lowest BCUT2D eigenvalue weighted by Gasteiger charge is -2.09. The van der Waals surface area contributed by atoms with Crippen LogP contribution in [0.25, 0.3) is 0 Å². The highest BCUT2D eigenvalue weighted by molar-refractivity contribution is 6.04. The second kappa shape index (κ2) is 5.83. The molecule has 0 radical (unpaired) electrons. The van der Waals surface area contributed by atoms with Crippen LogP contribution in [0.1, 0.15) is 22.3 Å². The van der Waals surface area contributed by atoms with Gasteiger partial charge < -0.3 is 14.8 Å². The van der Waals surface area contributed by atoms with Crippen molar-refractivity contribution in [3.05, 3.63) is 47.7 Å². The number of hydrogen-bond donors (Lipinski definition) is 1. The molecule has 1 aromatic heterocycles. The van der Waals surface area contributed by atoms with Crippen molar-refractivity contribution in [1.82, 2.24) is 4.98 Å². The summed E-state index contributed by atoms with van der Waals surface area (Å²) >= 11 is 0. The number of anilines is 1. The van der Waals surface area contributed by atoms with Crippen LogP contribution >= 0.6 is 0 Å². The highest BCUT2D eigenvalue weighted by Crippen LogP contribution is 2.30. The lowest BCUT2D eigenvalue weighted by atomic mass is 10.2. The Bertz CT molecular complexity index is 653. The van der Waals surface area contributed by atoms with Gasteiger partial charge in [0.05, 0.1) is 13.2 Å². The van der Waals surface area contributed by atoms with Crippen molar-refractivity contribution in [1.29, 1.82) is 0 Å². The van der Waals surface area contributed by atoms with Gasteiger partial charge in [-0.2, -0.15) is 0 Å². The summed E-state index contributed by atoms with van der Waals surface area (Å²) in [5, 5.41) is 2.76. The molecule has 0 bridgehead atoms. The maximum atomic E-state index is 12.2. The molecule has 1 aliphatic rings. The van der Waals surface area contributed by atoms with Gasteiger partial charge in [-0.3, -0.25) is 4.79 Å². The topological polar surface area (TPSA) is 60.5 Å². The summed E-state index contributed by atoms with van der Waals surface area (Å²) in [6.07, 6.45) is 2.55. The fourth-order valence-electron chi connectivity index (χ4n) is 2.03. The first-order chi connectivity index (χ1) is 10.2. The lowest BCUT2D eigenvalue weighted by molar-refractivity contribution is 0.102. The third kappa shape index (κ3) is 3.13. The van der Waals surface area contributed by atoms with Crippen molar-refractivity contribution in [2.24, 2.45) is 0 Å². The molecule has 0 fully saturated rings. The zero-order valence-corrected chi connectivity index (χ0v) is 11.8. The molecule has 5 heteroatoms. The maximum Gasteiger partial charge on any atom is 0.256 e. The minimum atomic E-state index is -0.220. The van der Waals surface area contributed by atoms with E-state index in [2.05, 4.69) is 10.3 Å².